The second-order valence-electron chi connectivity index (χ2n) is 6.40. The summed E-state index contributed by atoms with van der Waals surface area (Å²) in [5.74, 6) is -0.710. The standard InChI is InChI=1S/C16H22N2O6/c1-16(2,3)24-15(21)18-8-5-7-17(18)14(20)11-6-9-23-12(11)10-13(19)22-4/h6,9H,5,7-8,10H2,1-4H3. The number of methoxy groups -OCH3 is 1. The Morgan fingerprint density at radius 1 is 1.21 bits per heavy atom. The van der Waals surface area contributed by atoms with E-state index >= 15 is 0 Å². The van der Waals surface area contributed by atoms with E-state index < -0.39 is 23.6 Å². The predicted molar refractivity (Wildman–Crippen MR) is 83.0 cm³/mol. The third kappa shape index (κ3) is 4.06. The van der Waals surface area contributed by atoms with Gasteiger partial charge in [0.2, 0.25) is 0 Å². The average molecular weight is 338 g/mol. The van der Waals surface area contributed by atoms with Gasteiger partial charge in [0.1, 0.15) is 17.8 Å². The molecule has 2 rings (SSSR count). The maximum absolute atomic E-state index is 12.7. The molecule has 1 aromatic heterocycles. The van der Waals surface area contributed by atoms with E-state index in [1.165, 1.54) is 29.5 Å². The molecule has 0 N–H and O–H groups in total. The van der Waals surface area contributed by atoms with Gasteiger partial charge in [-0.2, -0.15) is 0 Å². The number of furan rings is 1. The summed E-state index contributed by atoms with van der Waals surface area (Å²) in [7, 11) is 1.26. The van der Waals surface area contributed by atoms with Crippen LogP contribution in [0.4, 0.5) is 4.79 Å². The van der Waals surface area contributed by atoms with Crippen LogP contribution in [0.15, 0.2) is 16.7 Å². The highest BCUT2D eigenvalue weighted by Crippen LogP contribution is 2.21. The number of amides is 2. The number of rotatable bonds is 3. The van der Waals surface area contributed by atoms with Gasteiger partial charge >= 0.3 is 12.1 Å². The molecule has 1 saturated heterocycles. The van der Waals surface area contributed by atoms with Crippen LogP contribution in [0, 0.1) is 0 Å². The van der Waals surface area contributed by atoms with Crippen molar-refractivity contribution < 1.29 is 28.3 Å². The number of hydrazine groups is 1. The molecule has 2 amide bonds. The van der Waals surface area contributed by atoms with Crippen molar-refractivity contribution >= 4 is 18.0 Å². The zero-order chi connectivity index (χ0) is 17.9. The Kier molecular flexibility index (Phi) is 5.16. The van der Waals surface area contributed by atoms with Crippen LogP contribution in [0.25, 0.3) is 0 Å². The van der Waals surface area contributed by atoms with E-state index in [0.717, 1.165) is 0 Å². The summed E-state index contributed by atoms with van der Waals surface area (Å²) >= 11 is 0. The normalized spacial score (nSPS) is 14.7. The van der Waals surface area contributed by atoms with Crippen LogP contribution in [-0.4, -0.2) is 53.8 Å². The lowest BCUT2D eigenvalue weighted by atomic mass is 10.2. The van der Waals surface area contributed by atoms with Crippen molar-refractivity contribution in [3.63, 3.8) is 0 Å². The summed E-state index contributed by atoms with van der Waals surface area (Å²) in [6, 6.07) is 1.48. The number of carbonyl (C=O) groups is 3. The lowest BCUT2D eigenvalue weighted by molar-refractivity contribution is -0.140. The molecule has 0 unspecified atom stereocenters. The highest BCUT2D eigenvalue weighted by atomic mass is 16.6. The van der Waals surface area contributed by atoms with Gasteiger partial charge in [-0.3, -0.25) is 9.59 Å². The molecule has 0 saturated carbocycles. The SMILES string of the molecule is COC(=O)Cc1occc1C(=O)N1CCCN1C(=O)OC(C)(C)C. The van der Waals surface area contributed by atoms with Gasteiger partial charge < -0.3 is 13.9 Å². The first-order valence-electron chi connectivity index (χ1n) is 7.68. The summed E-state index contributed by atoms with van der Waals surface area (Å²) in [4.78, 5) is 36.4. The second-order valence-corrected chi connectivity index (χ2v) is 6.40. The first kappa shape index (κ1) is 17.8. The molecule has 0 atom stereocenters. The average Bonchev–Trinajstić information content (AvgIpc) is 3.13. The zero-order valence-electron chi connectivity index (χ0n) is 14.3. The molecule has 24 heavy (non-hydrogen) atoms. The Balaban J connectivity index is 2.15. The zero-order valence-corrected chi connectivity index (χ0v) is 14.3. The van der Waals surface area contributed by atoms with Crippen LogP contribution in [0.5, 0.6) is 0 Å². The van der Waals surface area contributed by atoms with E-state index in [-0.39, 0.29) is 17.7 Å². The molecule has 2 heterocycles. The molecule has 0 aliphatic carbocycles. The summed E-state index contributed by atoms with van der Waals surface area (Å²) in [6.45, 7) is 6.07. The summed E-state index contributed by atoms with van der Waals surface area (Å²) < 4.78 is 15.1. The number of hydrogen-bond acceptors (Lipinski definition) is 6. The molecule has 0 aromatic carbocycles. The minimum Gasteiger partial charge on any atom is -0.469 e. The fourth-order valence-corrected chi connectivity index (χ4v) is 2.34. The molecular weight excluding hydrogens is 316 g/mol. The van der Waals surface area contributed by atoms with Gasteiger partial charge in [-0.15, -0.1) is 0 Å². The second kappa shape index (κ2) is 6.94. The van der Waals surface area contributed by atoms with Gasteiger partial charge in [-0.05, 0) is 33.3 Å². The van der Waals surface area contributed by atoms with Crippen molar-refractivity contribution in [2.45, 2.75) is 39.2 Å². The number of carbonyl (C=O) groups excluding carboxylic acids is 3. The third-order valence-electron chi connectivity index (χ3n) is 3.38. The van der Waals surface area contributed by atoms with Crippen LogP contribution < -0.4 is 0 Å². The number of nitrogens with zero attached hydrogens (tertiary/aromatic N) is 2. The lowest BCUT2D eigenvalue weighted by Crippen LogP contribution is -2.47. The van der Waals surface area contributed by atoms with E-state index in [9.17, 15) is 14.4 Å². The quantitative estimate of drug-likeness (QED) is 0.783. The molecule has 132 valence electrons. The highest BCUT2D eigenvalue weighted by Gasteiger charge is 2.35. The Morgan fingerprint density at radius 2 is 1.88 bits per heavy atom. The fourth-order valence-electron chi connectivity index (χ4n) is 2.34. The van der Waals surface area contributed by atoms with E-state index in [2.05, 4.69) is 4.74 Å². The third-order valence-corrected chi connectivity index (χ3v) is 3.38. The summed E-state index contributed by atoms with van der Waals surface area (Å²) in [5.41, 5.74) is -0.420. The van der Waals surface area contributed by atoms with Gasteiger partial charge in [-0.1, -0.05) is 0 Å². The predicted octanol–water partition coefficient (Wildman–Crippen LogP) is 1.99. The van der Waals surface area contributed by atoms with E-state index in [4.69, 9.17) is 9.15 Å². The molecule has 1 aromatic rings. The van der Waals surface area contributed by atoms with Crippen LogP contribution in [-0.2, 0) is 20.7 Å². The molecule has 1 aliphatic rings. The topological polar surface area (TPSA) is 89.3 Å². The smallest absolute Gasteiger partial charge is 0.429 e. The highest BCUT2D eigenvalue weighted by molar-refractivity contribution is 5.97. The molecule has 1 aliphatic heterocycles. The monoisotopic (exact) mass is 338 g/mol. The lowest BCUT2D eigenvalue weighted by Gasteiger charge is -2.30. The van der Waals surface area contributed by atoms with E-state index in [1.54, 1.807) is 20.8 Å². The Labute approximate surface area is 140 Å². The van der Waals surface area contributed by atoms with Gasteiger partial charge in [0.25, 0.3) is 5.91 Å². The molecule has 8 heteroatoms. The van der Waals surface area contributed by atoms with Crippen molar-refractivity contribution in [1.82, 2.24) is 10.0 Å². The van der Waals surface area contributed by atoms with E-state index in [0.29, 0.717) is 19.5 Å². The number of hydrogen-bond donors (Lipinski definition) is 0. The summed E-state index contributed by atoms with van der Waals surface area (Å²) in [5, 5.41) is 2.60. The fraction of sp³-hybridized carbons (Fsp3) is 0.562. The Morgan fingerprint density at radius 3 is 2.50 bits per heavy atom. The molecule has 1 fully saturated rings. The largest absolute Gasteiger partial charge is 0.469 e. The first-order chi connectivity index (χ1) is 11.2. The molecule has 8 nitrogen and oxygen atoms in total. The minimum absolute atomic E-state index is 0.148. The van der Waals surface area contributed by atoms with Crippen molar-refractivity contribution in [3.8, 4) is 0 Å². The number of esters is 1. The molecule has 0 radical (unpaired) electrons. The van der Waals surface area contributed by atoms with E-state index in [1.807, 2.05) is 0 Å². The Hall–Kier alpha value is -2.51. The Bertz CT molecular complexity index is 631. The van der Waals surface area contributed by atoms with Crippen LogP contribution >= 0.6 is 0 Å². The van der Waals surface area contributed by atoms with Crippen LogP contribution in [0.3, 0.4) is 0 Å². The van der Waals surface area contributed by atoms with Gasteiger partial charge in [-0.25, -0.2) is 14.8 Å². The van der Waals surface area contributed by atoms with Crippen LogP contribution in [0.2, 0.25) is 0 Å². The van der Waals surface area contributed by atoms with Gasteiger partial charge in [0.15, 0.2) is 0 Å². The van der Waals surface area contributed by atoms with Crippen molar-refractivity contribution in [1.29, 1.82) is 0 Å². The molecule has 0 spiro atoms. The van der Waals surface area contributed by atoms with Crippen LogP contribution in [0.1, 0.15) is 43.3 Å². The molecule has 0 bridgehead atoms. The minimum atomic E-state index is -0.653. The maximum Gasteiger partial charge on any atom is 0.429 e. The van der Waals surface area contributed by atoms with Crippen molar-refractivity contribution in [2.75, 3.05) is 20.2 Å². The molecular formula is C16H22N2O6. The summed E-state index contributed by atoms with van der Waals surface area (Å²) in [6.07, 6.45) is 1.26. The van der Waals surface area contributed by atoms with Gasteiger partial charge in [0.05, 0.1) is 18.9 Å². The maximum atomic E-state index is 12.7. The van der Waals surface area contributed by atoms with Crippen molar-refractivity contribution in [3.05, 3.63) is 23.7 Å². The van der Waals surface area contributed by atoms with Gasteiger partial charge in [0, 0.05) is 13.1 Å². The van der Waals surface area contributed by atoms with Crippen molar-refractivity contribution in [2.24, 2.45) is 0 Å². The first-order valence-corrected chi connectivity index (χ1v) is 7.68. The number of ether oxygens (including phenoxy) is 2.